The quantitative estimate of drug-likeness (QED) is 0.170. The summed E-state index contributed by atoms with van der Waals surface area (Å²) in [5, 5.41) is 6.83. The highest BCUT2D eigenvalue weighted by atomic mass is 16.3. The number of fused-ring (bicyclic) bond motifs is 9. The van der Waals surface area contributed by atoms with E-state index in [9.17, 15) is 0 Å². The number of anilines is 3. The largest absolute Gasteiger partial charge is 0.456 e. The van der Waals surface area contributed by atoms with Crippen LogP contribution in [0.25, 0.3) is 93.6 Å². The second-order valence-corrected chi connectivity index (χ2v) is 14.9. The zero-order valence-electron chi connectivity index (χ0n) is 31.3. The van der Waals surface area contributed by atoms with E-state index in [0.29, 0.717) is 0 Å². The van der Waals surface area contributed by atoms with Crippen LogP contribution in [0.5, 0.6) is 0 Å². The van der Waals surface area contributed by atoms with Crippen molar-refractivity contribution < 1.29 is 8.83 Å². The summed E-state index contributed by atoms with van der Waals surface area (Å²) in [6.07, 6.45) is 0. The Balaban J connectivity index is 1.05. The standard InChI is InChI=1S/C54H34N2O2/c1-2-13-35(14-3-1)36-25-29-38(30-26-36)55(49-21-12-24-52-53(49)44-18-7-11-23-51(44)57-52)39-31-27-37(28-32-39)45-33-40(34-46-43-17-6-10-22-50(43)58-54(45)46)56-47-19-8-4-15-41(47)42-16-5-9-20-48(42)56/h1-34H. The summed E-state index contributed by atoms with van der Waals surface area (Å²) in [5.74, 6) is 0. The molecule has 0 fully saturated rings. The minimum absolute atomic E-state index is 0.857. The predicted octanol–water partition coefficient (Wildman–Crippen LogP) is 15.4. The van der Waals surface area contributed by atoms with Crippen molar-refractivity contribution in [2.75, 3.05) is 4.90 Å². The summed E-state index contributed by atoms with van der Waals surface area (Å²) >= 11 is 0. The fourth-order valence-corrected chi connectivity index (χ4v) is 8.95. The lowest BCUT2D eigenvalue weighted by molar-refractivity contribution is 0.669. The van der Waals surface area contributed by atoms with E-state index in [-0.39, 0.29) is 0 Å². The lowest BCUT2D eigenvalue weighted by atomic mass is 10.00. The molecule has 0 saturated heterocycles. The van der Waals surface area contributed by atoms with Gasteiger partial charge in [0.2, 0.25) is 0 Å². The second-order valence-electron chi connectivity index (χ2n) is 14.9. The number of hydrogen-bond donors (Lipinski definition) is 0. The molecule has 0 N–H and O–H groups in total. The summed E-state index contributed by atoms with van der Waals surface area (Å²) in [4.78, 5) is 2.34. The van der Waals surface area contributed by atoms with Gasteiger partial charge in [-0.15, -0.1) is 0 Å². The number of benzene rings is 9. The Kier molecular flexibility index (Phi) is 7.20. The smallest absolute Gasteiger partial charge is 0.143 e. The Labute approximate surface area is 334 Å². The van der Waals surface area contributed by atoms with Crippen LogP contribution in [-0.2, 0) is 0 Å². The van der Waals surface area contributed by atoms with Crippen LogP contribution in [0.2, 0.25) is 0 Å². The zero-order valence-corrected chi connectivity index (χ0v) is 31.3. The van der Waals surface area contributed by atoms with Gasteiger partial charge in [-0.1, -0.05) is 133 Å². The summed E-state index contributed by atoms with van der Waals surface area (Å²) in [7, 11) is 0. The highest BCUT2D eigenvalue weighted by Crippen LogP contribution is 2.45. The number of hydrogen-bond acceptors (Lipinski definition) is 3. The number of para-hydroxylation sites is 4. The molecule has 58 heavy (non-hydrogen) atoms. The molecule has 0 spiro atoms. The van der Waals surface area contributed by atoms with Gasteiger partial charge in [-0.3, -0.25) is 0 Å². The van der Waals surface area contributed by atoms with Crippen LogP contribution in [-0.4, -0.2) is 4.57 Å². The maximum atomic E-state index is 6.70. The van der Waals surface area contributed by atoms with Gasteiger partial charge < -0.3 is 18.3 Å². The summed E-state index contributed by atoms with van der Waals surface area (Å²) < 4.78 is 15.5. The van der Waals surface area contributed by atoms with Crippen molar-refractivity contribution in [1.82, 2.24) is 4.57 Å². The van der Waals surface area contributed by atoms with Crippen LogP contribution in [0.1, 0.15) is 0 Å². The Hall–Kier alpha value is -7.82. The van der Waals surface area contributed by atoms with Crippen molar-refractivity contribution in [2.45, 2.75) is 0 Å². The first-order valence-electron chi connectivity index (χ1n) is 19.7. The fraction of sp³-hybridized carbons (Fsp3) is 0. The normalized spacial score (nSPS) is 11.8. The van der Waals surface area contributed by atoms with Crippen LogP contribution < -0.4 is 4.90 Å². The highest BCUT2D eigenvalue weighted by Gasteiger charge is 2.22. The minimum atomic E-state index is 0.857. The molecular formula is C54H34N2O2. The van der Waals surface area contributed by atoms with Gasteiger partial charge in [0.25, 0.3) is 0 Å². The molecule has 4 heteroatoms. The predicted molar refractivity (Wildman–Crippen MR) is 241 cm³/mol. The molecule has 4 nitrogen and oxygen atoms in total. The van der Waals surface area contributed by atoms with Crippen LogP contribution in [0.15, 0.2) is 215 Å². The summed E-state index contributed by atoms with van der Waals surface area (Å²) in [6, 6.07) is 73.2. The van der Waals surface area contributed by atoms with Gasteiger partial charge in [-0.25, -0.2) is 0 Å². The Morgan fingerprint density at radius 1 is 0.362 bits per heavy atom. The first-order valence-corrected chi connectivity index (χ1v) is 19.7. The molecule has 0 aliphatic rings. The van der Waals surface area contributed by atoms with Crippen molar-refractivity contribution in [3.8, 4) is 27.9 Å². The molecule has 12 rings (SSSR count). The molecule has 0 aliphatic carbocycles. The van der Waals surface area contributed by atoms with Gasteiger partial charge >= 0.3 is 0 Å². The van der Waals surface area contributed by atoms with E-state index in [1.807, 2.05) is 18.2 Å². The van der Waals surface area contributed by atoms with Crippen molar-refractivity contribution in [1.29, 1.82) is 0 Å². The van der Waals surface area contributed by atoms with Gasteiger partial charge in [-0.05, 0) is 89.5 Å². The SMILES string of the molecule is c1ccc(-c2ccc(N(c3ccc(-c4cc(-n5c6ccccc6c6ccccc65)cc5c4oc4ccccc45)cc3)c3cccc4oc5ccccc5c34)cc2)cc1. The molecule has 0 radical (unpaired) electrons. The molecule has 0 saturated carbocycles. The second kappa shape index (κ2) is 12.9. The maximum absolute atomic E-state index is 6.70. The van der Waals surface area contributed by atoms with Gasteiger partial charge in [0.1, 0.15) is 22.3 Å². The third kappa shape index (κ3) is 5.02. The average Bonchev–Trinajstić information content (AvgIpc) is 3.97. The summed E-state index contributed by atoms with van der Waals surface area (Å²) in [6.45, 7) is 0. The number of nitrogens with zero attached hydrogens (tertiary/aromatic N) is 2. The molecule has 9 aromatic carbocycles. The molecule has 3 aromatic heterocycles. The molecule has 0 atom stereocenters. The minimum Gasteiger partial charge on any atom is -0.456 e. The van der Waals surface area contributed by atoms with Crippen molar-refractivity contribution in [2.24, 2.45) is 0 Å². The van der Waals surface area contributed by atoms with Gasteiger partial charge in [0, 0.05) is 49.6 Å². The molecular weight excluding hydrogens is 709 g/mol. The van der Waals surface area contributed by atoms with Gasteiger partial charge in [0.05, 0.1) is 22.1 Å². The lowest BCUT2D eigenvalue weighted by Gasteiger charge is -2.26. The first kappa shape index (κ1) is 32.4. The maximum Gasteiger partial charge on any atom is 0.143 e. The third-order valence-corrected chi connectivity index (χ3v) is 11.6. The fourth-order valence-electron chi connectivity index (χ4n) is 8.95. The summed E-state index contributed by atoms with van der Waals surface area (Å²) in [5.41, 5.74) is 14.5. The van der Waals surface area contributed by atoms with Crippen molar-refractivity contribution in [3.05, 3.63) is 206 Å². The first-order chi connectivity index (χ1) is 28.8. The van der Waals surface area contributed by atoms with E-state index in [4.69, 9.17) is 8.83 Å². The molecule has 0 aliphatic heterocycles. The van der Waals surface area contributed by atoms with E-state index in [2.05, 4.69) is 198 Å². The van der Waals surface area contributed by atoms with Crippen LogP contribution in [0.4, 0.5) is 17.1 Å². The average molecular weight is 743 g/mol. The zero-order chi connectivity index (χ0) is 38.2. The van der Waals surface area contributed by atoms with E-state index < -0.39 is 0 Å². The van der Waals surface area contributed by atoms with Gasteiger partial charge in [-0.2, -0.15) is 0 Å². The van der Waals surface area contributed by atoms with Crippen molar-refractivity contribution in [3.63, 3.8) is 0 Å². The molecule has 3 heterocycles. The van der Waals surface area contributed by atoms with E-state index in [1.54, 1.807) is 0 Å². The number of furan rings is 2. The molecule has 272 valence electrons. The Morgan fingerprint density at radius 2 is 0.897 bits per heavy atom. The van der Waals surface area contributed by atoms with Gasteiger partial charge in [0.15, 0.2) is 0 Å². The lowest BCUT2D eigenvalue weighted by Crippen LogP contribution is -2.10. The topological polar surface area (TPSA) is 34.5 Å². The molecule has 0 amide bonds. The van der Waals surface area contributed by atoms with Crippen LogP contribution in [0, 0.1) is 0 Å². The van der Waals surface area contributed by atoms with E-state index in [1.165, 1.54) is 32.9 Å². The van der Waals surface area contributed by atoms with E-state index >= 15 is 0 Å². The Bertz CT molecular complexity index is 3450. The van der Waals surface area contributed by atoms with Crippen molar-refractivity contribution >= 4 is 82.7 Å². The Morgan fingerprint density at radius 3 is 1.59 bits per heavy atom. The van der Waals surface area contributed by atoms with E-state index in [0.717, 1.165) is 77.8 Å². The molecule has 0 unspecified atom stereocenters. The van der Waals surface area contributed by atoms with Crippen LogP contribution in [0.3, 0.4) is 0 Å². The molecule has 0 bridgehead atoms. The number of rotatable bonds is 6. The van der Waals surface area contributed by atoms with Crippen LogP contribution >= 0.6 is 0 Å². The highest BCUT2D eigenvalue weighted by molar-refractivity contribution is 6.15. The number of aromatic nitrogens is 1. The molecule has 12 aromatic rings. The monoisotopic (exact) mass is 742 g/mol. The third-order valence-electron chi connectivity index (χ3n) is 11.6.